The first-order valence-corrected chi connectivity index (χ1v) is 5.99. The van der Waals surface area contributed by atoms with Crippen LogP contribution in [0.2, 0.25) is 0 Å². The van der Waals surface area contributed by atoms with E-state index in [4.69, 9.17) is 9.52 Å². The molecule has 0 fully saturated rings. The van der Waals surface area contributed by atoms with Gasteiger partial charge in [0.1, 0.15) is 17.0 Å². The summed E-state index contributed by atoms with van der Waals surface area (Å²) in [5.41, 5.74) is 0.473. The van der Waals surface area contributed by atoms with Crippen molar-refractivity contribution in [2.24, 2.45) is 0 Å². The summed E-state index contributed by atoms with van der Waals surface area (Å²) in [6.07, 6.45) is 1.34. The molecule has 0 spiro atoms. The molecule has 94 valence electrons. The van der Waals surface area contributed by atoms with E-state index in [1.165, 1.54) is 23.7 Å². The van der Waals surface area contributed by atoms with E-state index < -0.39 is 5.97 Å². The minimum atomic E-state index is -1.06. The summed E-state index contributed by atoms with van der Waals surface area (Å²) in [5, 5.41) is 11.9. The topological polar surface area (TPSA) is 79.5 Å². The third-order valence-electron chi connectivity index (χ3n) is 2.31. The molecule has 0 saturated heterocycles. The van der Waals surface area contributed by atoms with Crippen LogP contribution in [-0.2, 0) is 0 Å². The normalized spacial score (nSPS) is 10.3. The molecule has 0 saturated carbocycles. The van der Waals surface area contributed by atoms with E-state index in [0.29, 0.717) is 16.3 Å². The zero-order chi connectivity index (χ0) is 13.3. The van der Waals surface area contributed by atoms with E-state index in [1.807, 2.05) is 0 Å². The van der Waals surface area contributed by atoms with Gasteiger partial charge in [-0.3, -0.25) is 4.79 Å². The van der Waals surface area contributed by atoms with Crippen LogP contribution in [0.3, 0.4) is 0 Å². The molecule has 5 nitrogen and oxygen atoms in total. The van der Waals surface area contributed by atoms with Gasteiger partial charge in [0.05, 0.1) is 11.1 Å². The predicted molar refractivity (Wildman–Crippen MR) is 67.4 cm³/mol. The summed E-state index contributed by atoms with van der Waals surface area (Å²) < 4.78 is 5.03. The van der Waals surface area contributed by atoms with Crippen LogP contribution in [0.1, 0.15) is 31.4 Å². The lowest BCUT2D eigenvalue weighted by molar-refractivity contribution is 0.0698. The molecule has 0 atom stereocenters. The fourth-order valence-electron chi connectivity index (χ4n) is 1.50. The molecule has 1 amide bonds. The molecule has 0 aliphatic carbocycles. The number of furan rings is 1. The van der Waals surface area contributed by atoms with Crippen LogP contribution in [0, 0.1) is 13.8 Å². The highest BCUT2D eigenvalue weighted by Gasteiger charge is 2.17. The van der Waals surface area contributed by atoms with E-state index in [1.54, 1.807) is 19.9 Å². The third-order valence-corrected chi connectivity index (χ3v) is 3.27. The van der Waals surface area contributed by atoms with Crippen LogP contribution in [0.4, 0.5) is 5.00 Å². The lowest BCUT2D eigenvalue weighted by Gasteiger charge is -2.01. The van der Waals surface area contributed by atoms with Crippen molar-refractivity contribution < 1.29 is 19.1 Å². The fourth-order valence-corrected chi connectivity index (χ4v) is 2.40. The largest absolute Gasteiger partial charge is 0.478 e. The molecular weight excluding hydrogens is 254 g/mol. The summed E-state index contributed by atoms with van der Waals surface area (Å²) in [7, 11) is 0. The van der Waals surface area contributed by atoms with Gasteiger partial charge < -0.3 is 14.8 Å². The number of amides is 1. The van der Waals surface area contributed by atoms with Crippen molar-refractivity contribution in [3.63, 3.8) is 0 Å². The quantitative estimate of drug-likeness (QED) is 0.894. The molecule has 0 unspecified atom stereocenters. The smallest absolute Gasteiger partial charge is 0.338 e. The van der Waals surface area contributed by atoms with Crippen LogP contribution in [0.25, 0.3) is 0 Å². The maximum atomic E-state index is 11.9. The minimum absolute atomic E-state index is 0.103. The number of carboxylic acid groups (broad SMARTS) is 1. The van der Waals surface area contributed by atoms with Gasteiger partial charge >= 0.3 is 5.97 Å². The van der Waals surface area contributed by atoms with E-state index >= 15 is 0 Å². The standard InChI is InChI=1S/C12H11NO4S/c1-6-3-8(5-17-6)10(14)13-11-9(12(15)16)4-7(2)18-11/h3-5H,1-2H3,(H,13,14)(H,15,16). The van der Waals surface area contributed by atoms with Crippen molar-refractivity contribution in [2.75, 3.05) is 5.32 Å². The average Bonchev–Trinajstić information content (AvgIpc) is 2.85. The molecule has 0 aliphatic heterocycles. The Bertz CT molecular complexity index is 611. The monoisotopic (exact) mass is 265 g/mol. The van der Waals surface area contributed by atoms with Crippen molar-refractivity contribution in [2.45, 2.75) is 13.8 Å². The minimum Gasteiger partial charge on any atom is -0.478 e. The fraction of sp³-hybridized carbons (Fsp3) is 0.167. The summed E-state index contributed by atoms with van der Waals surface area (Å²) in [6.45, 7) is 3.52. The summed E-state index contributed by atoms with van der Waals surface area (Å²) in [4.78, 5) is 23.7. The van der Waals surface area contributed by atoms with Gasteiger partial charge in [-0.2, -0.15) is 0 Å². The first kappa shape index (κ1) is 12.4. The van der Waals surface area contributed by atoms with Gasteiger partial charge in [-0.15, -0.1) is 11.3 Å². The highest BCUT2D eigenvalue weighted by molar-refractivity contribution is 7.16. The van der Waals surface area contributed by atoms with E-state index in [-0.39, 0.29) is 11.5 Å². The molecule has 6 heteroatoms. The second-order valence-electron chi connectivity index (χ2n) is 3.81. The van der Waals surface area contributed by atoms with E-state index in [2.05, 4.69) is 5.32 Å². The lowest BCUT2D eigenvalue weighted by Crippen LogP contribution is -2.12. The number of carbonyl (C=O) groups is 2. The van der Waals surface area contributed by atoms with Crippen LogP contribution in [0.5, 0.6) is 0 Å². The molecular formula is C12H11NO4S. The highest BCUT2D eigenvalue weighted by Crippen LogP contribution is 2.28. The third kappa shape index (κ3) is 2.43. The van der Waals surface area contributed by atoms with Gasteiger partial charge in [-0.25, -0.2) is 4.79 Å². The van der Waals surface area contributed by atoms with Crippen molar-refractivity contribution in [3.05, 3.63) is 40.2 Å². The van der Waals surface area contributed by atoms with Gasteiger partial charge in [0.25, 0.3) is 5.91 Å². The summed E-state index contributed by atoms with van der Waals surface area (Å²) >= 11 is 1.23. The number of hydrogen-bond donors (Lipinski definition) is 2. The lowest BCUT2D eigenvalue weighted by atomic mass is 10.2. The second-order valence-corrected chi connectivity index (χ2v) is 5.06. The van der Waals surface area contributed by atoms with Gasteiger partial charge in [0, 0.05) is 4.88 Å². The van der Waals surface area contributed by atoms with Crippen molar-refractivity contribution >= 4 is 28.2 Å². The van der Waals surface area contributed by atoms with Gasteiger partial charge in [-0.1, -0.05) is 0 Å². The number of nitrogens with one attached hydrogen (secondary N) is 1. The zero-order valence-electron chi connectivity index (χ0n) is 9.81. The van der Waals surface area contributed by atoms with Gasteiger partial charge in [0.2, 0.25) is 0 Å². The highest BCUT2D eigenvalue weighted by atomic mass is 32.1. The van der Waals surface area contributed by atoms with Gasteiger partial charge in [-0.05, 0) is 26.0 Å². The number of hydrogen-bond acceptors (Lipinski definition) is 4. The van der Waals surface area contributed by atoms with E-state index in [9.17, 15) is 9.59 Å². The molecule has 18 heavy (non-hydrogen) atoms. The Morgan fingerprint density at radius 3 is 2.61 bits per heavy atom. The SMILES string of the molecule is Cc1cc(C(=O)Nc2sc(C)cc2C(=O)O)co1. The zero-order valence-corrected chi connectivity index (χ0v) is 10.6. The molecule has 0 radical (unpaired) electrons. The second kappa shape index (κ2) is 4.66. The van der Waals surface area contributed by atoms with Crippen LogP contribution < -0.4 is 5.32 Å². The van der Waals surface area contributed by atoms with Gasteiger partial charge in [0.15, 0.2) is 0 Å². The van der Waals surface area contributed by atoms with E-state index in [0.717, 1.165) is 4.88 Å². The van der Waals surface area contributed by atoms with Crippen molar-refractivity contribution in [1.82, 2.24) is 0 Å². The molecule has 2 heterocycles. The molecule has 2 aromatic heterocycles. The van der Waals surface area contributed by atoms with Crippen LogP contribution in [-0.4, -0.2) is 17.0 Å². The number of rotatable bonds is 3. The Morgan fingerprint density at radius 1 is 1.33 bits per heavy atom. The van der Waals surface area contributed by atoms with Crippen molar-refractivity contribution in [1.29, 1.82) is 0 Å². The molecule has 2 N–H and O–H groups in total. The number of thiophene rings is 1. The number of anilines is 1. The molecule has 0 aromatic carbocycles. The number of aryl methyl sites for hydroxylation is 2. The van der Waals surface area contributed by atoms with Crippen LogP contribution in [0.15, 0.2) is 22.8 Å². The molecule has 0 aliphatic rings. The Morgan fingerprint density at radius 2 is 2.06 bits per heavy atom. The first-order valence-electron chi connectivity index (χ1n) is 5.17. The maximum Gasteiger partial charge on any atom is 0.338 e. The molecule has 0 bridgehead atoms. The summed E-state index contributed by atoms with van der Waals surface area (Å²) in [5.74, 6) is -0.810. The first-order chi connectivity index (χ1) is 8.47. The number of carboxylic acids is 1. The van der Waals surface area contributed by atoms with Crippen molar-refractivity contribution in [3.8, 4) is 0 Å². The van der Waals surface area contributed by atoms with Crippen LogP contribution >= 0.6 is 11.3 Å². The molecule has 2 rings (SSSR count). The number of carbonyl (C=O) groups excluding carboxylic acids is 1. The molecule has 2 aromatic rings. The predicted octanol–water partition coefficient (Wildman–Crippen LogP) is 2.91. The Hall–Kier alpha value is -2.08. The Labute approximate surface area is 107 Å². The number of aromatic carboxylic acids is 1. The maximum absolute atomic E-state index is 11.9. The summed E-state index contributed by atoms with van der Waals surface area (Å²) in [6, 6.07) is 3.12. The Balaban J connectivity index is 2.24. The average molecular weight is 265 g/mol. The Kier molecular flexibility index (Phi) is 3.20.